The van der Waals surface area contributed by atoms with Gasteiger partial charge in [0.25, 0.3) is 0 Å². The molecule has 126 valence electrons. The summed E-state index contributed by atoms with van der Waals surface area (Å²) in [6.45, 7) is 0.512. The van der Waals surface area contributed by atoms with Crippen molar-refractivity contribution < 1.29 is 14.3 Å². The van der Waals surface area contributed by atoms with Gasteiger partial charge in [0, 0.05) is 11.4 Å². The maximum Gasteiger partial charge on any atom is 0.414 e. The lowest BCUT2D eigenvalue weighted by Gasteiger charge is -2.12. The Morgan fingerprint density at radius 1 is 1.29 bits per heavy atom. The molecule has 1 saturated heterocycles. The van der Waals surface area contributed by atoms with Gasteiger partial charge in [-0.1, -0.05) is 53.1 Å². The number of hydrogen-bond donors (Lipinski definition) is 1. The Kier molecular flexibility index (Phi) is 5.59. The molecule has 0 aliphatic carbocycles. The van der Waals surface area contributed by atoms with Crippen molar-refractivity contribution in [1.82, 2.24) is 10.2 Å². The van der Waals surface area contributed by atoms with Gasteiger partial charge in [0.05, 0.1) is 12.3 Å². The van der Waals surface area contributed by atoms with E-state index >= 15 is 0 Å². The molecule has 0 saturated carbocycles. The lowest BCUT2D eigenvalue weighted by Crippen LogP contribution is -2.24. The number of carbonyl (C=O) groups excluding carboxylic acids is 2. The quantitative estimate of drug-likeness (QED) is 0.733. The monoisotopic (exact) mass is 382 g/mol. The van der Waals surface area contributed by atoms with E-state index in [1.165, 1.54) is 34.9 Å². The van der Waals surface area contributed by atoms with Gasteiger partial charge in [-0.15, -0.1) is 10.2 Å². The van der Waals surface area contributed by atoms with Crippen LogP contribution in [0.1, 0.15) is 0 Å². The fraction of sp³-hybridized carbons (Fsp3) is 0.286. The minimum Gasteiger partial charge on any atom is -0.443 e. The molecule has 2 aromatic rings. The molecule has 24 heavy (non-hydrogen) atoms. The van der Waals surface area contributed by atoms with Crippen molar-refractivity contribution in [1.29, 1.82) is 0 Å². The molecular weight excluding hydrogens is 368 g/mol. The third-order valence-corrected chi connectivity index (χ3v) is 6.40. The van der Waals surface area contributed by atoms with Gasteiger partial charge in [0.15, 0.2) is 8.68 Å². The number of primary amides is 1. The molecule has 2 heterocycles. The SMILES string of the molecule is NC(=O)CSc1nnc(SCC2CN(c3ccccc3)C(=O)O2)s1. The van der Waals surface area contributed by atoms with Gasteiger partial charge < -0.3 is 10.5 Å². The molecule has 1 aliphatic heterocycles. The number of carbonyl (C=O) groups is 2. The summed E-state index contributed by atoms with van der Waals surface area (Å²) in [5.74, 6) is 0.402. The number of para-hydroxylation sites is 1. The second-order valence-corrected chi connectivity index (χ2v) is 8.32. The van der Waals surface area contributed by atoms with E-state index in [4.69, 9.17) is 10.5 Å². The van der Waals surface area contributed by atoms with Gasteiger partial charge in [-0.3, -0.25) is 9.69 Å². The summed E-state index contributed by atoms with van der Waals surface area (Å²) in [5, 5.41) is 8.05. The second-order valence-electron chi connectivity index (χ2n) is 4.85. The highest BCUT2D eigenvalue weighted by Gasteiger charge is 2.32. The molecule has 1 aromatic carbocycles. The van der Waals surface area contributed by atoms with Crippen LogP contribution in [0.25, 0.3) is 0 Å². The van der Waals surface area contributed by atoms with Gasteiger partial charge in [-0.25, -0.2) is 4.79 Å². The zero-order valence-electron chi connectivity index (χ0n) is 12.5. The summed E-state index contributed by atoms with van der Waals surface area (Å²) >= 11 is 4.15. The van der Waals surface area contributed by atoms with Crippen molar-refractivity contribution >= 4 is 52.5 Å². The zero-order chi connectivity index (χ0) is 16.9. The maximum atomic E-state index is 12.0. The molecule has 0 spiro atoms. The molecule has 10 heteroatoms. The van der Waals surface area contributed by atoms with Crippen LogP contribution in [0.3, 0.4) is 0 Å². The van der Waals surface area contributed by atoms with Gasteiger partial charge >= 0.3 is 6.09 Å². The number of cyclic esters (lactones) is 1. The minimum atomic E-state index is -0.386. The highest BCUT2D eigenvalue weighted by atomic mass is 32.2. The van der Waals surface area contributed by atoms with Crippen LogP contribution in [-0.4, -0.2) is 46.4 Å². The second kappa shape index (κ2) is 7.86. The molecule has 3 rings (SSSR count). The van der Waals surface area contributed by atoms with Crippen LogP contribution >= 0.6 is 34.9 Å². The number of nitrogens with two attached hydrogens (primary N) is 1. The normalized spacial score (nSPS) is 17.1. The Bertz CT molecular complexity index is 725. The highest BCUT2D eigenvalue weighted by molar-refractivity contribution is 8.03. The average Bonchev–Trinajstić information content (AvgIpc) is 3.18. The number of amides is 2. The molecular formula is C14H14N4O3S3. The zero-order valence-corrected chi connectivity index (χ0v) is 14.9. The molecule has 1 fully saturated rings. The van der Waals surface area contributed by atoms with Gasteiger partial charge in [0.1, 0.15) is 6.10 Å². The first-order valence-corrected chi connectivity index (χ1v) is 9.81. The van der Waals surface area contributed by atoms with E-state index in [2.05, 4.69) is 10.2 Å². The maximum absolute atomic E-state index is 12.0. The van der Waals surface area contributed by atoms with E-state index < -0.39 is 0 Å². The smallest absolute Gasteiger partial charge is 0.414 e. The largest absolute Gasteiger partial charge is 0.443 e. The standard InChI is InChI=1S/C14H14N4O3S3/c15-11(19)8-23-13-17-16-12(24-13)22-7-10-6-18(14(20)21-10)9-4-2-1-3-5-9/h1-5,10H,6-8H2,(H2,15,19). The minimum absolute atomic E-state index is 0.186. The van der Waals surface area contributed by atoms with E-state index in [0.29, 0.717) is 16.6 Å². The molecule has 7 nitrogen and oxygen atoms in total. The fourth-order valence-corrected chi connectivity index (χ4v) is 4.80. The van der Waals surface area contributed by atoms with Crippen molar-refractivity contribution in [3.63, 3.8) is 0 Å². The van der Waals surface area contributed by atoms with Crippen LogP contribution in [0.4, 0.5) is 10.5 Å². The number of nitrogens with zero attached hydrogens (tertiary/aromatic N) is 3. The highest BCUT2D eigenvalue weighted by Crippen LogP contribution is 2.30. The Labute approximate surface area is 151 Å². The number of rotatable bonds is 7. The summed E-state index contributed by atoms with van der Waals surface area (Å²) < 4.78 is 6.87. The number of ether oxygens (including phenoxy) is 1. The number of aromatic nitrogens is 2. The molecule has 2 N–H and O–H groups in total. The Morgan fingerprint density at radius 3 is 2.71 bits per heavy atom. The van der Waals surface area contributed by atoms with E-state index in [9.17, 15) is 9.59 Å². The van der Waals surface area contributed by atoms with Crippen LogP contribution in [0.5, 0.6) is 0 Å². The first-order chi connectivity index (χ1) is 11.6. The van der Waals surface area contributed by atoms with Crippen molar-refractivity contribution in [2.75, 3.05) is 23.0 Å². The summed E-state index contributed by atoms with van der Waals surface area (Å²) in [5.41, 5.74) is 5.93. The summed E-state index contributed by atoms with van der Waals surface area (Å²) in [7, 11) is 0. The Morgan fingerprint density at radius 2 is 2.00 bits per heavy atom. The lowest BCUT2D eigenvalue weighted by molar-refractivity contribution is -0.115. The van der Waals surface area contributed by atoms with E-state index in [0.717, 1.165) is 10.0 Å². The van der Waals surface area contributed by atoms with E-state index in [1.54, 1.807) is 4.90 Å². The molecule has 0 radical (unpaired) electrons. The van der Waals surface area contributed by atoms with E-state index in [1.807, 2.05) is 30.3 Å². The first-order valence-electron chi connectivity index (χ1n) is 7.02. The predicted octanol–water partition coefficient (Wildman–Crippen LogP) is 2.23. The van der Waals surface area contributed by atoms with Crippen molar-refractivity contribution in [2.45, 2.75) is 14.8 Å². The lowest BCUT2D eigenvalue weighted by atomic mass is 10.3. The molecule has 1 unspecified atom stereocenters. The van der Waals surface area contributed by atoms with Gasteiger partial charge in [-0.05, 0) is 12.1 Å². The third-order valence-electron chi connectivity index (χ3n) is 3.06. The van der Waals surface area contributed by atoms with Crippen LogP contribution < -0.4 is 10.6 Å². The van der Waals surface area contributed by atoms with Crippen LogP contribution in [0.2, 0.25) is 0 Å². The van der Waals surface area contributed by atoms with Crippen LogP contribution in [-0.2, 0) is 9.53 Å². The number of benzene rings is 1. The number of thioether (sulfide) groups is 2. The Hall–Kier alpha value is -1.78. The molecule has 0 bridgehead atoms. The van der Waals surface area contributed by atoms with Crippen LogP contribution in [0.15, 0.2) is 39.0 Å². The van der Waals surface area contributed by atoms with Crippen molar-refractivity contribution in [3.05, 3.63) is 30.3 Å². The average molecular weight is 382 g/mol. The summed E-state index contributed by atoms with van der Waals surface area (Å²) in [4.78, 5) is 24.4. The number of hydrogen-bond acceptors (Lipinski definition) is 8. The molecule has 1 aromatic heterocycles. The predicted molar refractivity (Wildman–Crippen MR) is 94.6 cm³/mol. The van der Waals surface area contributed by atoms with Crippen molar-refractivity contribution in [3.8, 4) is 0 Å². The van der Waals surface area contributed by atoms with Crippen molar-refractivity contribution in [2.24, 2.45) is 5.73 Å². The topological polar surface area (TPSA) is 98.4 Å². The van der Waals surface area contributed by atoms with E-state index in [-0.39, 0.29) is 23.9 Å². The number of anilines is 1. The fourth-order valence-electron chi connectivity index (χ4n) is 2.04. The molecule has 2 amide bonds. The van der Waals surface area contributed by atoms with Gasteiger partial charge in [0.2, 0.25) is 5.91 Å². The van der Waals surface area contributed by atoms with Crippen LogP contribution in [0, 0.1) is 0 Å². The molecule has 1 atom stereocenters. The Balaban J connectivity index is 1.51. The summed E-state index contributed by atoms with van der Waals surface area (Å²) in [6.07, 6.45) is -0.532. The molecule has 1 aliphatic rings. The van der Waals surface area contributed by atoms with Gasteiger partial charge in [-0.2, -0.15) is 0 Å². The third kappa shape index (κ3) is 4.40. The summed E-state index contributed by atoms with van der Waals surface area (Å²) in [6, 6.07) is 9.43. The first kappa shape index (κ1) is 17.1.